The Bertz CT molecular complexity index is 523. The highest BCUT2D eigenvalue weighted by molar-refractivity contribution is 5.75. The molecule has 0 unspecified atom stereocenters. The summed E-state index contributed by atoms with van der Waals surface area (Å²) < 4.78 is 10.5. The molecule has 0 saturated heterocycles. The highest BCUT2D eigenvalue weighted by atomic mass is 16.5. The molecule has 3 nitrogen and oxygen atoms in total. The van der Waals surface area contributed by atoms with Gasteiger partial charge in [0.1, 0.15) is 24.4 Å². The van der Waals surface area contributed by atoms with E-state index in [2.05, 4.69) is 12.1 Å². The fourth-order valence-electron chi connectivity index (χ4n) is 1.75. The highest BCUT2D eigenvalue weighted by Crippen LogP contribution is 2.19. The SMILES string of the molecule is CCCOc1cccc(C=O)c1.c1cc2ccc1CO2. The molecule has 0 aliphatic carbocycles. The summed E-state index contributed by atoms with van der Waals surface area (Å²) in [5, 5.41) is 0. The van der Waals surface area contributed by atoms with E-state index in [4.69, 9.17) is 9.47 Å². The van der Waals surface area contributed by atoms with Crippen LogP contribution in [0.25, 0.3) is 0 Å². The van der Waals surface area contributed by atoms with Crippen LogP contribution < -0.4 is 9.47 Å². The van der Waals surface area contributed by atoms with Crippen molar-refractivity contribution in [3.05, 3.63) is 59.7 Å². The van der Waals surface area contributed by atoms with Crippen molar-refractivity contribution in [3.8, 4) is 11.5 Å². The van der Waals surface area contributed by atoms with Crippen LogP contribution in [0.3, 0.4) is 0 Å². The first-order valence-corrected chi connectivity index (χ1v) is 6.71. The Hall–Kier alpha value is -2.29. The summed E-state index contributed by atoms with van der Waals surface area (Å²) in [4.78, 5) is 10.4. The van der Waals surface area contributed by atoms with Crippen LogP contribution in [-0.2, 0) is 6.61 Å². The molecule has 0 fully saturated rings. The largest absolute Gasteiger partial charge is 0.494 e. The van der Waals surface area contributed by atoms with Gasteiger partial charge in [0.05, 0.1) is 6.61 Å². The summed E-state index contributed by atoms with van der Waals surface area (Å²) in [5.74, 6) is 1.75. The van der Waals surface area contributed by atoms with Gasteiger partial charge in [-0.15, -0.1) is 0 Å². The zero-order valence-corrected chi connectivity index (χ0v) is 11.5. The summed E-state index contributed by atoms with van der Waals surface area (Å²) >= 11 is 0. The maximum absolute atomic E-state index is 10.4. The van der Waals surface area contributed by atoms with Gasteiger partial charge in [0.15, 0.2) is 0 Å². The van der Waals surface area contributed by atoms with Crippen LogP contribution in [0.1, 0.15) is 29.3 Å². The second-order valence-corrected chi connectivity index (χ2v) is 4.47. The van der Waals surface area contributed by atoms with Crippen LogP contribution in [0, 0.1) is 0 Å². The Morgan fingerprint density at radius 2 is 2.00 bits per heavy atom. The van der Waals surface area contributed by atoms with Gasteiger partial charge in [-0.2, -0.15) is 0 Å². The number of aldehydes is 1. The predicted molar refractivity (Wildman–Crippen MR) is 78.4 cm³/mol. The zero-order valence-electron chi connectivity index (χ0n) is 11.5. The monoisotopic (exact) mass is 270 g/mol. The summed E-state index contributed by atoms with van der Waals surface area (Å²) in [5.41, 5.74) is 1.92. The van der Waals surface area contributed by atoms with Crippen molar-refractivity contribution in [2.45, 2.75) is 20.0 Å². The highest BCUT2D eigenvalue weighted by Gasteiger charge is 2.01. The van der Waals surface area contributed by atoms with E-state index in [0.717, 1.165) is 30.8 Å². The molecule has 2 aliphatic rings. The molecule has 20 heavy (non-hydrogen) atoms. The quantitative estimate of drug-likeness (QED) is 0.791. The molecule has 4 rings (SSSR count). The lowest BCUT2D eigenvalue weighted by molar-refractivity contribution is 0.112. The molecule has 0 spiro atoms. The summed E-state index contributed by atoms with van der Waals surface area (Å²) in [6.07, 6.45) is 1.80. The van der Waals surface area contributed by atoms with E-state index < -0.39 is 0 Å². The minimum Gasteiger partial charge on any atom is -0.494 e. The van der Waals surface area contributed by atoms with E-state index in [-0.39, 0.29) is 0 Å². The van der Waals surface area contributed by atoms with Gasteiger partial charge >= 0.3 is 0 Å². The molecule has 2 aliphatic heterocycles. The summed E-state index contributed by atoms with van der Waals surface area (Å²) in [6.45, 7) is 3.51. The Kier molecular flexibility index (Phi) is 5.18. The molecule has 0 atom stereocenters. The van der Waals surface area contributed by atoms with Gasteiger partial charge in [-0.05, 0) is 36.2 Å². The van der Waals surface area contributed by atoms with Crippen LogP contribution >= 0.6 is 0 Å². The molecule has 0 amide bonds. The first-order valence-electron chi connectivity index (χ1n) is 6.71. The van der Waals surface area contributed by atoms with E-state index in [1.165, 1.54) is 5.56 Å². The predicted octanol–water partition coefficient (Wildman–Crippen LogP) is 3.87. The van der Waals surface area contributed by atoms with Crippen molar-refractivity contribution in [2.24, 2.45) is 0 Å². The molecule has 104 valence electrons. The number of benzene rings is 2. The van der Waals surface area contributed by atoms with Gasteiger partial charge in [0.2, 0.25) is 0 Å². The van der Waals surface area contributed by atoms with Crippen molar-refractivity contribution in [1.29, 1.82) is 0 Å². The van der Waals surface area contributed by atoms with Crippen LogP contribution in [0.5, 0.6) is 11.5 Å². The number of carbonyl (C=O) groups is 1. The Morgan fingerprint density at radius 3 is 2.45 bits per heavy atom. The average molecular weight is 270 g/mol. The van der Waals surface area contributed by atoms with Crippen molar-refractivity contribution in [2.75, 3.05) is 6.61 Å². The molecule has 2 aromatic rings. The third kappa shape index (κ3) is 4.12. The van der Waals surface area contributed by atoms with E-state index in [1.807, 2.05) is 31.2 Å². The van der Waals surface area contributed by atoms with E-state index in [1.54, 1.807) is 12.1 Å². The summed E-state index contributed by atoms with van der Waals surface area (Å²) in [6, 6.07) is 15.3. The minimum absolute atomic E-state index is 0.656. The van der Waals surface area contributed by atoms with Crippen LogP contribution in [0.4, 0.5) is 0 Å². The molecule has 3 heteroatoms. The number of ether oxygens (including phenoxy) is 2. The lowest BCUT2D eigenvalue weighted by Crippen LogP contribution is -2.00. The number of rotatable bonds is 4. The topological polar surface area (TPSA) is 35.5 Å². The number of fused-ring (bicyclic) bond motifs is 3. The second-order valence-electron chi connectivity index (χ2n) is 4.47. The third-order valence-electron chi connectivity index (χ3n) is 2.80. The zero-order chi connectivity index (χ0) is 14.2. The van der Waals surface area contributed by atoms with Crippen LogP contribution in [-0.4, -0.2) is 12.9 Å². The first kappa shape index (κ1) is 14.1. The van der Waals surface area contributed by atoms with E-state index in [9.17, 15) is 4.79 Å². The molecule has 0 saturated carbocycles. The minimum atomic E-state index is 0.656. The Morgan fingerprint density at radius 1 is 1.20 bits per heavy atom. The van der Waals surface area contributed by atoms with Gasteiger partial charge < -0.3 is 9.47 Å². The maximum atomic E-state index is 10.4. The molecule has 2 bridgehead atoms. The molecule has 0 N–H and O–H groups in total. The standard InChI is InChI=1S/C10H12O2.C7H6O/c1-2-6-12-10-5-3-4-9(7-10)8-11;1-3-7-4-2-6(1)5-8-7/h3-5,7-8H,2,6H2,1H3;1-4H,5H2. The van der Waals surface area contributed by atoms with Gasteiger partial charge in [-0.1, -0.05) is 31.2 Å². The second kappa shape index (κ2) is 7.34. The van der Waals surface area contributed by atoms with E-state index in [0.29, 0.717) is 12.2 Å². The normalized spacial score (nSPS) is 11.1. The van der Waals surface area contributed by atoms with Gasteiger partial charge in [0.25, 0.3) is 0 Å². The van der Waals surface area contributed by atoms with Crippen molar-refractivity contribution in [1.82, 2.24) is 0 Å². The van der Waals surface area contributed by atoms with Crippen molar-refractivity contribution in [3.63, 3.8) is 0 Å². The lowest BCUT2D eigenvalue weighted by Gasteiger charge is -2.11. The Labute approximate surface area is 119 Å². The fraction of sp³-hybridized carbons (Fsp3) is 0.235. The molecular weight excluding hydrogens is 252 g/mol. The van der Waals surface area contributed by atoms with Crippen molar-refractivity contribution >= 4 is 6.29 Å². The first-order chi connectivity index (χ1) is 9.81. The average Bonchev–Trinajstić information content (AvgIpc) is 2.55. The molecular formula is C17H18O3. The lowest BCUT2D eigenvalue weighted by atomic mass is 10.2. The fourth-order valence-corrected chi connectivity index (χ4v) is 1.75. The number of carbonyl (C=O) groups excluding carboxylic acids is 1. The summed E-state index contributed by atoms with van der Waals surface area (Å²) in [7, 11) is 0. The number of hydrogen-bond donors (Lipinski definition) is 0. The molecule has 2 aromatic carbocycles. The third-order valence-corrected chi connectivity index (χ3v) is 2.80. The van der Waals surface area contributed by atoms with Crippen molar-refractivity contribution < 1.29 is 14.3 Å². The van der Waals surface area contributed by atoms with Gasteiger partial charge in [-0.3, -0.25) is 4.79 Å². The molecule has 0 aromatic heterocycles. The van der Waals surface area contributed by atoms with Gasteiger partial charge in [0, 0.05) is 5.56 Å². The Balaban J connectivity index is 0.000000157. The molecule has 2 heterocycles. The van der Waals surface area contributed by atoms with Gasteiger partial charge in [-0.25, -0.2) is 0 Å². The van der Waals surface area contributed by atoms with Crippen LogP contribution in [0.2, 0.25) is 0 Å². The molecule has 0 radical (unpaired) electrons. The van der Waals surface area contributed by atoms with E-state index >= 15 is 0 Å². The van der Waals surface area contributed by atoms with Crippen LogP contribution in [0.15, 0.2) is 48.5 Å². The maximum Gasteiger partial charge on any atom is 0.150 e. The smallest absolute Gasteiger partial charge is 0.150 e. The number of hydrogen-bond acceptors (Lipinski definition) is 3.